The van der Waals surface area contributed by atoms with E-state index in [4.69, 9.17) is 18.6 Å². The average molecular weight is 541 g/mol. The fourth-order valence-electron chi connectivity index (χ4n) is 8.98. The number of furan rings is 1. The molecule has 1 aromatic rings. The van der Waals surface area contributed by atoms with Crippen molar-refractivity contribution < 1.29 is 48.0 Å². The van der Waals surface area contributed by atoms with Crippen molar-refractivity contribution in [2.45, 2.75) is 76.8 Å². The summed E-state index contributed by atoms with van der Waals surface area (Å²) in [5.41, 5.74) is -6.02. The number of methoxy groups -OCH3 is 1. The highest BCUT2D eigenvalue weighted by Gasteiger charge is 2.89. The summed E-state index contributed by atoms with van der Waals surface area (Å²) in [6, 6.07) is 1.70. The Labute approximate surface area is 225 Å². The summed E-state index contributed by atoms with van der Waals surface area (Å²) >= 11 is 0. The smallest absolute Gasteiger partial charge is 0.331 e. The van der Waals surface area contributed by atoms with E-state index in [9.17, 15) is 29.4 Å². The fourth-order valence-corrected chi connectivity index (χ4v) is 8.98. The first kappa shape index (κ1) is 26.0. The second-order valence-electron chi connectivity index (χ2n) is 12.4. The second-order valence-corrected chi connectivity index (χ2v) is 12.4. The van der Waals surface area contributed by atoms with E-state index in [1.165, 1.54) is 32.6 Å². The van der Waals surface area contributed by atoms with Crippen LogP contribution >= 0.6 is 0 Å². The van der Waals surface area contributed by atoms with Crippen molar-refractivity contribution in [2.24, 2.45) is 22.2 Å². The van der Waals surface area contributed by atoms with Crippen LogP contribution < -0.4 is 0 Å². The van der Waals surface area contributed by atoms with Crippen molar-refractivity contribution in [3.05, 3.63) is 47.0 Å². The molecule has 0 aromatic carbocycles. The van der Waals surface area contributed by atoms with Gasteiger partial charge in [-0.15, -0.1) is 0 Å². The maximum Gasteiger partial charge on any atom is 0.331 e. The molecule has 0 unspecified atom stereocenters. The van der Waals surface area contributed by atoms with Gasteiger partial charge in [-0.05, 0) is 42.4 Å². The summed E-state index contributed by atoms with van der Waals surface area (Å²) in [5, 5.41) is 24.7. The molecule has 1 aliphatic heterocycles. The van der Waals surface area contributed by atoms with Crippen molar-refractivity contribution >= 4 is 23.7 Å². The molecule has 5 aliphatic rings. The number of ketones is 1. The number of carbonyl (C=O) groups excluding carboxylic acids is 4. The van der Waals surface area contributed by atoms with Gasteiger partial charge in [0.15, 0.2) is 5.60 Å². The lowest BCUT2D eigenvalue weighted by atomic mass is 9.44. The molecule has 208 valence electrons. The monoisotopic (exact) mass is 540 g/mol. The number of esters is 3. The predicted octanol–water partition coefficient (Wildman–Crippen LogP) is 2.49. The largest absolute Gasteiger partial charge is 0.472 e. The van der Waals surface area contributed by atoms with Crippen LogP contribution in [0.2, 0.25) is 0 Å². The first-order valence-electron chi connectivity index (χ1n) is 13.1. The van der Waals surface area contributed by atoms with Gasteiger partial charge in [-0.25, -0.2) is 4.79 Å². The minimum atomic E-state index is -2.50. The predicted molar refractivity (Wildman–Crippen MR) is 131 cm³/mol. The Morgan fingerprint density at radius 1 is 1.18 bits per heavy atom. The molecule has 39 heavy (non-hydrogen) atoms. The normalized spacial score (nSPS) is 43.9. The summed E-state index contributed by atoms with van der Waals surface area (Å²) < 4.78 is 21.6. The first-order valence-corrected chi connectivity index (χ1v) is 13.1. The molecule has 10 nitrogen and oxygen atoms in total. The van der Waals surface area contributed by atoms with E-state index in [-0.39, 0.29) is 18.4 Å². The lowest BCUT2D eigenvalue weighted by molar-refractivity contribution is -0.249. The second kappa shape index (κ2) is 7.69. The zero-order chi connectivity index (χ0) is 28.3. The quantitative estimate of drug-likeness (QED) is 0.431. The molecule has 10 heteroatoms. The molecule has 1 aromatic heterocycles. The third kappa shape index (κ3) is 2.78. The van der Waals surface area contributed by atoms with Crippen molar-refractivity contribution in [1.82, 2.24) is 0 Å². The van der Waals surface area contributed by atoms with Gasteiger partial charge in [0.25, 0.3) is 0 Å². The van der Waals surface area contributed by atoms with Crippen LogP contribution in [0.4, 0.5) is 0 Å². The summed E-state index contributed by atoms with van der Waals surface area (Å²) in [7, 11) is 1.27. The summed E-state index contributed by atoms with van der Waals surface area (Å²) in [5.74, 6) is -3.34. The zero-order valence-corrected chi connectivity index (χ0v) is 22.5. The Kier molecular flexibility index (Phi) is 5.13. The lowest BCUT2D eigenvalue weighted by Crippen LogP contribution is -2.76. The van der Waals surface area contributed by atoms with Crippen LogP contribution in [-0.2, 0) is 33.4 Å². The summed E-state index contributed by atoms with van der Waals surface area (Å²) in [4.78, 5) is 52.4. The molecule has 0 saturated heterocycles. The molecule has 4 aliphatic carbocycles. The van der Waals surface area contributed by atoms with Gasteiger partial charge in [0.05, 0.1) is 19.6 Å². The van der Waals surface area contributed by atoms with Gasteiger partial charge in [0, 0.05) is 46.8 Å². The molecule has 2 fully saturated rings. The molecular formula is C29H32O10. The van der Waals surface area contributed by atoms with Gasteiger partial charge in [-0.1, -0.05) is 20.8 Å². The number of fused-ring (bicyclic) bond motifs is 4. The maximum atomic E-state index is 14.5. The number of aliphatic hydroxyl groups is 2. The van der Waals surface area contributed by atoms with E-state index in [1.807, 2.05) is 6.92 Å². The maximum absolute atomic E-state index is 14.5. The number of hydrogen-bond donors (Lipinski definition) is 2. The van der Waals surface area contributed by atoms with Crippen LogP contribution in [0, 0.1) is 22.2 Å². The number of rotatable bonds is 4. The molecule has 0 radical (unpaired) electrons. The topological polar surface area (TPSA) is 150 Å². The highest BCUT2D eigenvalue weighted by molar-refractivity contribution is 6.11. The van der Waals surface area contributed by atoms with Gasteiger partial charge >= 0.3 is 17.9 Å². The summed E-state index contributed by atoms with van der Waals surface area (Å²) in [6.45, 7) is 6.56. The molecular weight excluding hydrogens is 508 g/mol. The van der Waals surface area contributed by atoms with E-state index < -0.39 is 69.3 Å². The van der Waals surface area contributed by atoms with Crippen molar-refractivity contribution in [3.8, 4) is 0 Å². The average Bonchev–Trinajstić information content (AvgIpc) is 3.51. The molecule has 2 bridgehead atoms. The van der Waals surface area contributed by atoms with E-state index in [1.54, 1.807) is 19.9 Å². The molecule has 2 N–H and O–H groups in total. The summed E-state index contributed by atoms with van der Waals surface area (Å²) in [6.07, 6.45) is 2.70. The third-order valence-corrected chi connectivity index (χ3v) is 10.7. The molecule has 0 spiro atoms. The van der Waals surface area contributed by atoms with Crippen molar-refractivity contribution in [1.29, 1.82) is 0 Å². The lowest BCUT2D eigenvalue weighted by Gasteiger charge is -2.63. The fraction of sp³-hybridized carbons (Fsp3) is 0.586. The van der Waals surface area contributed by atoms with Crippen molar-refractivity contribution in [2.75, 3.05) is 7.11 Å². The van der Waals surface area contributed by atoms with Gasteiger partial charge in [-0.2, -0.15) is 0 Å². The van der Waals surface area contributed by atoms with Gasteiger partial charge in [0.1, 0.15) is 17.8 Å². The van der Waals surface area contributed by atoms with Crippen LogP contribution in [0.5, 0.6) is 0 Å². The van der Waals surface area contributed by atoms with Crippen LogP contribution in [-0.4, -0.2) is 58.3 Å². The van der Waals surface area contributed by atoms with Crippen LogP contribution in [0.15, 0.2) is 45.8 Å². The van der Waals surface area contributed by atoms with Gasteiger partial charge in [-0.3, -0.25) is 14.4 Å². The van der Waals surface area contributed by atoms with Gasteiger partial charge < -0.3 is 28.8 Å². The number of hydrogen-bond acceptors (Lipinski definition) is 10. The Morgan fingerprint density at radius 3 is 2.51 bits per heavy atom. The third-order valence-electron chi connectivity index (χ3n) is 10.7. The Balaban J connectivity index is 1.62. The minimum Gasteiger partial charge on any atom is -0.472 e. The molecule has 8 atom stereocenters. The SMILES string of the molecule is COC(=O)C[C@H]1[C@@]2(C)C[C@]3(O)[C@@](O)(C(=O)C4=C(CC[C@]5(C)C4=CC(=O)O[C@H]5c4ccoc4)[C@]13C)[C@H]2OC(C)=O. The highest BCUT2D eigenvalue weighted by atomic mass is 16.6. The van der Waals surface area contributed by atoms with Crippen molar-refractivity contribution in [3.63, 3.8) is 0 Å². The number of Topliss-reactive ketones (excluding diaryl/α,β-unsaturated/α-hetero) is 1. The Bertz CT molecular complexity index is 1390. The zero-order valence-electron chi connectivity index (χ0n) is 22.5. The molecule has 2 heterocycles. The standard InChI is InChI=1S/C29H32O10/c1-14(30)38-24-26(3)13-28(34)27(4,18(26)11-19(31)36-5)16-6-8-25(2)17(21(16)22(33)29(24,28)35)10-20(32)39-23(25)15-7-9-37-12-15/h7,9-10,12,18,23-24,34-35H,6,8,11,13H2,1-5H3/t18-,23-,24-,25+,26+,27+,28+,29+/m0/s1. The van der Waals surface area contributed by atoms with Crippen LogP contribution in [0.3, 0.4) is 0 Å². The number of ether oxygens (including phenoxy) is 3. The van der Waals surface area contributed by atoms with E-state index in [0.717, 1.165) is 0 Å². The molecule has 2 saturated carbocycles. The Hall–Kier alpha value is -3.24. The highest BCUT2D eigenvalue weighted by Crippen LogP contribution is 2.79. The minimum absolute atomic E-state index is 0.0644. The first-order chi connectivity index (χ1) is 18.2. The Morgan fingerprint density at radius 2 is 1.90 bits per heavy atom. The molecule has 0 amide bonds. The van der Waals surface area contributed by atoms with Crippen LogP contribution in [0.25, 0.3) is 0 Å². The number of carbonyl (C=O) groups is 4. The van der Waals surface area contributed by atoms with E-state index in [2.05, 4.69) is 0 Å². The van der Waals surface area contributed by atoms with E-state index in [0.29, 0.717) is 29.6 Å². The van der Waals surface area contributed by atoms with E-state index >= 15 is 0 Å². The number of cyclic esters (lactones) is 1. The molecule has 6 rings (SSSR count). The van der Waals surface area contributed by atoms with Crippen LogP contribution in [0.1, 0.15) is 65.0 Å². The van der Waals surface area contributed by atoms with Gasteiger partial charge in [0.2, 0.25) is 5.78 Å².